The Labute approximate surface area is 149 Å². The van der Waals surface area contributed by atoms with Crippen LogP contribution in [-0.2, 0) is 21.4 Å². The van der Waals surface area contributed by atoms with Crippen molar-refractivity contribution in [1.29, 1.82) is 0 Å². The third kappa shape index (κ3) is 3.49. The number of piperidine rings is 1. The van der Waals surface area contributed by atoms with Gasteiger partial charge in [-0.15, -0.1) is 0 Å². The molecule has 3 rings (SSSR count). The molecule has 0 spiro atoms. The van der Waals surface area contributed by atoms with Gasteiger partial charge in [0.05, 0.1) is 4.90 Å². The first-order valence-electron chi connectivity index (χ1n) is 8.57. The van der Waals surface area contributed by atoms with Gasteiger partial charge in [0.1, 0.15) is 0 Å². The second kappa shape index (κ2) is 6.90. The van der Waals surface area contributed by atoms with Crippen LogP contribution in [-0.4, -0.2) is 37.8 Å². The molecule has 136 valence electrons. The lowest BCUT2D eigenvalue weighted by Crippen LogP contribution is -2.44. The van der Waals surface area contributed by atoms with Crippen LogP contribution in [0, 0.1) is 11.8 Å². The molecule has 25 heavy (non-hydrogen) atoms. The summed E-state index contributed by atoms with van der Waals surface area (Å²) in [6.45, 7) is 6.70. The largest absolute Gasteiger partial charge is 0.348 e. The minimum absolute atomic E-state index is 0.0366. The number of amides is 1. The highest BCUT2D eigenvalue weighted by molar-refractivity contribution is 7.89. The zero-order chi connectivity index (χ0) is 18.2. The van der Waals surface area contributed by atoms with Crippen molar-refractivity contribution in [1.82, 2.24) is 9.62 Å². The Morgan fingerprint density at radius 3 is 2.56 bits per heavy atom. The molecule has 3 N–H and O–H groups in total. The van der Waals surface area contributed by atoms with E-state index in [9.17, 15) is 13.2 Å². The van der Waals surface area contributed by atoms with E-state index in [-0.39, 0.29) is 17.9 Å². The van der Waals surface area contributed by atoms with E-state index in [1.165, 1.54) is 0 Å². The van der Waals surface area contributed by atoms with Crippen LogP contribution in [0.4, 0.5) is 0 Å². The molecule has 3 unspecified atom stereocenters. The van der Waals surface area contributed by atoms with E-state index in [0.29, 0.717) is 36.0 Å². The maximum Gasteiger partial charge on any atom is 0.246 e. The molecular formula is C18H25N3O3S. The molecule has 1 amide bonds. The van der Waals surface area contributed by atoms with Crippen molar-refractivity contribution in [3.63, 3.8) is 0 Å². The minimum Gasteiger partial charge on any atom is -0.348 e. The molecule has 1 saturated carbocycles. The molecule has 1 aliphatic heterocycles. The molecule has 1 heterocycles. The fourth-order valence-corrected chi connectivity index (χ4v) is 5.66. The Kier molecular flexibility index (Phi) is 4.99. The topological polar surface area (TPSA) is 92.5 Å². The van der Waals surface area contributed by atoms with Crippen molar-refractivity contribution in [3.8, 4) is 0 Å². The zero-order valence-corrected chi connectivity index (χ0v) is 15.3. The van der Waals surface area contributed by atoms with E-state index in [1.54, 1.807) is 35.5 Å². The predicted octanol–water partition coefficient (Wildman–Crippen LogP) is 1.24. The highest BCUT2D eigenvalue weighted by atomic mass is 32.2. The number of nitrogens with two attached hydrogens (primary N) is 1. The Bertz CT molecular complexity index is 773. The van der Waals surface area contributed by atoms with E-state index >= 15 is 0 Å². The highest BCUT2D eigenvalue weighted by Crippen LogP contribution is 2.43. The van der Waals surface area contributed by atoms with Crippen molar-refractivity contribution in [2.24, 2.45) is 17.6 Å². The number of fused-ring (bicyclic) bond motifs is 2. The number of carbonyl (C=O) groups is 1. The van der Waals surface area contributed by atoms with Gasteiger partial charge in [-0.1, -0.05) is 18.7 Å². The van der Waals surface area contributed by atoms with Crippen LogP contribution >= 0.6 is 0 Å². The Balaban J connectivity index is 1.71. The lowest BCUT2D eigenvalue weighted by Gasteiger charge is -2.31. The lowest BCUT2D eigenvalue weighted by molar-refractivity contribution is -0.117. The van der Waals surface area contributed by atoms with Gasteiger partial charge in [0.15, 0.2) is 0 Å². The Morgan fingerprint density at radius 2 is 2.00 bits per heavy atom. The van der Waals surface area contributed by atoms with Gasteiger partial charge in [0, 0.05) is 24.7 Å². The molecule has 7 heteroatoms. The number of hydrogen-bond donors (Lipinski definition) is 2. The van der Waals surface area contributed by atoms with Crippen LogP contribution in [0.1, 0.15) is 25.3 Å². The first kappa shape index (κ1) is 18.1. The van der Waals surface area contributed by atoms with Gasteiger partial charge < -0.3 is 11.1 Å². The fourth-order valence-electron chi connectivity index (χ4n) is 3.88. The molecule has 6 nitrogen and oxygen atoms in total. The number of hydrogen-bond acceptors (Lipinski definition) is 4. The predicted molar refractivity (Wildman–Crippen MR) is 96.1 cm³/mol. The fraction of sp³-hybridized carbons (Fsp3) is 0.500. The van der Waals surface area contributed by atoms with E-state index in [1.807, 2.05) is 0 Å². The quantitative estimate of drug-likeness (QED) is 0.744. The first-order chi connectivity index (χ1) is 11.8. The van der Waals surface area contributed by atoms with Gasteiger partial charge in [-0.2, -0.15) is 4.31 Å². The second-order valence-electron chi connectivity index (χ2n) is 7.08. The van der Waals surface area contributed by atoms with Crippen molar-refractivity contribution in [3.05, 3.63) is 42.0 Å². The number of nitrogens with one attached hydrogen (secondary N) is 1. The third-order valence-electron chi connectivity index (χ3n) is 5.24. The first-order valence-corrected chi connectivity index (χ1v) is 10.0. The Hall–Kier alpha value is -1.70. The molecule has 1 aliphatic carbocycles. The third-order valence-corrected chi connectivity index (χ3v) is 7.14. The monoisotopic (exact) mass is 363 g/mol. The molecule has 2 aliphatic rings. The molecule has 2 fully saturated rings. The van der Waals surface area contributed by atoms with Gasteiger partial charge in [0.25, 0.3) is 0 Å². The van der Waals surface area contributed by atoms with Gasteiger partial charge in [-0.05, 0) is 55.8 Å². The van der Waals surface area contributed by atoms with Gasteiger partial charge in [-0.3, -0.25) is 4.79 Å². The van der Waals surface area contributed by atoms with E-state index < -0.39 is 10.0 Å². The summed E-state index contributed by atoms with van der Waals surface area (Å²) < 4.78 is 27.5. The van der Waals surface area contributed by atoms with E-state index in [2.05, 4.69) is 11.9 Å². The summed E-state index contributed by atoms with van der Waals surface area (Å²) in [6.07, 6.45) is 1.96. The summed E-state index contributed by atoms with van der Waals surface area (Å²) in [5, 5.41) is 2.73. The lowest BCUT2D eigenvalue weighted by atomic mass is 10.0. The second-order valence-corrected chi connectivity index (χ2v) is 8.97. The number of nitrogens with zero attached hydrogens (tertiary/aromatic N) is 1. The number of carbonyl (C=O) groups excluding carboxylic acids is 1. The summed E-state index contributed by atoms with van der Waals surface area (Å²) in [5.74, 6) is 0.493. The normalized spacial score (nSPS) is 25.9. The maximum atomic E-state index is 13.0. The zero-order valence-electron chi connectivity index (χ0n) is 14.4. The van der Waals surface area contributed by atoms with Gasteiger partial charge in [0.2, 0.25) is 15.9 Å². The van der Waals surface area contributed by atoms with E-state index in [4.69, 9.17) is 5.73 Å². The summed E-state index contributed by atoms with van der Waals surface area (Å²) in [7, 11) is -3.50. The standard InChI is InChI=1S/C18H25N3O3S/c1-12(2)18(22)20-10-13-3-5-16(6-4-13)25(23,24)21-11-14-7-15(9-19)17(21)8-14/h3-6,14-15,17H,1,7-11,19H2,2H3,(H,20,22). The SMILES string of the molecule is C=C(C)C(=O)NCc1ccc(S(=O)(=O)N2CC3CC(CN)C2C3)cc1. The van der Waals surface area contributed by atoms with Gasteiger partial charge in [-0.25, -0.2) is 8.42 Å². The molecule has 0 aromatic heterocycles. The molecular weight excluding hydrogens is 338 g/mol. The van der Waals surface area contributed by atoms with E-state index in [0.717, 1.165) is 18.4 Å². The van der Waals surface area contributed by atoms with Crippen LogP contribution in [0.2, 0.25) is 0 Å². The summed E-state index contributed by atoms with van der Waals surface area (Å²) in [6, 6.07) is 6.73. The summed E-state index contributed by atoms with van der Waals surface area (Å²) in [5.41, 5.74) is 7.09. The number of sulfonamides is 1. The van der Waals surface area contributed by atoms with Crippen LogP contribution in [0.3, 0.4) is 0 Å². The van der Waals surface area contributed by atoms with Crippen LogP contribution in [0.15, 0.2) is 41.3 Å². The van der Waals surface area contributed by atoms with Crippen LogP contribution < -0.4 is 11.1 Å². The molecule has 3 atom stereocenters. The minimum atomic E-state index is -3.50. The molecule has 0 radical (unpaired) electrons. The Morgan fingerprint density at radius 1 is 1.32 bits per heavy atom. The van der Waals surface area contributed by atoms with Gasteiger partial charge >= 0.3 is 0 Å². The van der Waals surface area contributed by atoms with Crippen molar-refractivity contribution in [2.75, 3.05) is 13.1 Å². The van der Waals surface area contributed by atoms with Crippen molar-refractivity contribution >= 4 is 15.9 Å². The molecule has 1 saturated heterocycles. The van der Waals surface area contributed by atoms with Crippen molar-refractivity contribution in [2.45, 2.75) is 37.2 Å². The number of rotatable bonds is 6. The molecule has 2 bridgehead atoms. The average molecular weight is 363 g/mol. The van der Waals surface area contributed by atoms with Crippen LogP contribution in [0.5, 0.6) is 0 Å². The molecule has 1 aromatic carbocycles. The van der Waals surface area contributed by atoms with Crippen LogP contribution in [0.25, 0.3) is 0 Å². The smallest absolute Gasteiger partial charge is 0.246 e. The number of benzene rings is 1. The average Bonchev–Trinajstić information content (AvgIpc) is 3.20. The molecule has 1 aromatic rings. The summed E-state index contributed by atoms with van der Waals surface area (Å²) in [4.78, 5) is 11.8. The summed E-state index contributed by atoms with van der Waals surface area (Å²) >= 11 is 0. The highest BCUT2D eigenvalue weighted by Gasteiger charge is 2.49. The maximum absolute atomic E-state index is 13.0. The van der Waals surface area contributed by atoms with Crippen molar-refractivity contribution < 1.29 is 13.2 Å².